The zero-order valence-electron chi connectivity index (χ0n) is 9.23. The van der Waals surface area contributed by atoms with Gasteiger partial charge in [-0.05, 0) is 13.0 Å². The number of rotatable bonds is 6. The standard InChI is InChI=1S/C11H18N2O2/c1-9-3-4-10(7-13-9)11(14)8-12-5-6-15-2/h3-4,7,11-12,14H,5-6,8H2,1-2H3. The lowest BCUT2D eigenvalue weighted by Crippen LogP contribution is -2.25. The maximum atomic E-state index is 9.77. The molecule has 0 fully saturated rings. The lowest BCUT2D eigenvalue weighted by atomic mass is 10.1. The lowest BCUT2D eigenvalue weighted by molar-refractivity contribution is 0.161. The van der Waals surface area contributed by atoms with Crippen molar-refractivity contribution in [3.8, 4) is 0 Å². The van der Waals surface area contributed by atoms with Gasteiger partial charge in [0.1, 0.15) is 0 Å². The van der Waals surface area contributed by atoms with E-state index in [9.17, 15) is 5.11 Å². The molecule has 0 spiro atoms. The predicted molar refractivity (Wildman–Crippen MR) is 58.7 cm³/mol. The highest BCUT2D eigenvalue weighted by Gasteiger charge is 2.06. The van der Waals surface area contributed by atoms with Crippen molar-refractivity contribution in [2.24, 2.45) is 0 Å². The number of aliphatic hydroxyl groups is 1. The fourth-order valence-electron chi connectivity index (χ4n) is 1.21. The van der Waals surface area contributed by atoms with Crippen LogP contribution < -0.4 is 5.32 Å². The summed E-state index contributed by atoms with van der Waals surface area (Å²) in [6.07, 6.45) is 1.20. The van der Waals surface area contributed by atoms with Crippen molar-refractivity contribution in [1.82, 2.24) is 10.3 Å². The van der Waals surface area contributed by atoms with E-state index in [1.165, 1.54) is 0 Å². The highest BCUT2D eigenvalue weighted by molar-refractivity contribution is 5.15. The van der Waals surface area contributed by atoms with E-state index in [1.807, 2.05) is 19.1 Å². The highest BCUT2D eigenvalue weighted by Crippen LogP contribution is 2.10. The van der Waals surface area contributed by atoms with Crippen molar-refractivity contribution in [3.63, 3.8) is 0 Å². The van der Waals surface area contributed by atoms with E-state index in [2.05, 4.69) is 10.3 Å². The maximum Gasteiger partial charge on any atom is 0.0929 e. The van der Waals surface area contributed by atoms with Crippen molar-refractivity contribution in [1.29, 1.82) is 0 Å². The minimum atomic E-state index is -0.505. The zero-order chi connectivity index (χ0) is 11.1. The first-order valence-corrected chi connectivity index (χ1v) is 5.04. The van der Waals surface area contributed by atoms with Gasteiger partial charge in [-0.1, -0.05) is 6.07 Å². The topological polar surface area (TPSA) is 54.4 Å². The third-order valence-corrected chi connectivity index (χ3v) is 2.14. The molecule has 0 saturated heterocycles. The van der Waals surface area contributed by atoms with Crippen molar-refractivity contribution >= 4 is 0 Å². The largest absolute Gasteiger partial charge is 0.387 e. The summed E-state index contributed by atoms with van der Waals surface area (Å²) >= 11 is 0. The average Bonchev–Trinajstić information content (AvgIpc) is 2.25. The molecule has 1 unspecified atom stereocenters. The molecular formula is C11H18N2O2. The van der Waals surface area contributed by atoms with Gasteiger partial charge in [-0.15, -0.1) is 0 Å². The van der Waals surface area contributed by atoms with Crippen LogP contribution in [0.4, 0.5) is 0 Å². The van der Waals surface area contributed by atoms with Crippen LogP contribution in [0.5, 0.6) is 0 Å². The van der Waals surface area contributed by atoms with Crippen molar-refractivity contribution in [2.75, 3.05) is 26.8 Å². The van der Waals surface area contributed by atoms with Crippen LogP contribution in [0.1, 0.15) is 17.4 Å². The Morgan fingerprint density at radius 3 is 2.93 bits per heavy atom. The Hall–Kier alpha value is -0.970. The summed E-state index contributed by atoms with van der Waals surface area (Å²) in [5.41, 5.74) is 1.80. The molecule has 0 aliphatic rings. The monoisotopic (exact) mass is 210 g/mol. The van der Waals surface area contributed by atoms with E-state index >= 15 is 0 Å². The summed E-state index contributed by atoms with van der Waals surface area (Å²) in [6.45, 7) is 3.84. The number of aryl methyl sites for hydroxylation is 1. The number of aromatic nitrogens is 1. The summed E-state index contributed by atoms with van der Waals surface area (Å²) in [5, 5.41) is 12.9. The number of nitrogens with one attached hydrogen (secondary N) is 1. The minimum absolute atomic E-state index is 0.505. The van der Waals surface area contributed by atoms with Crippen LogP contribution in [-0.2, 0) is 4.74 Å². The van der Waals surface area contributed by atoms with E-state index in [0.29, 0.717) is 13.2 Å². The third-order valence-electron chi connectivity index (χ3n) is 2.14. The molecule has 0 aromatic carbocycles. The third kappa shape index (κ3) is 4.38. The molecule has 1 heterocycles. The normalized spacial score (nSPS) is 12.7. The molecule has 84 valence electrons. The summed E-state index contributed by atoms with van der Waals surface area (Å²) in [5.74, 6) is 0. The molecule has 0 aliphatic carbocycles. The summed E-state index contributed by atoms with van der Waals surface area (Å²) in [7, 11) is 1.65. The molecule has 15 heavy (non-hydrogen) atoms. The van der Waals surface area contributed by atoms with Crippen LogP contribution >= 0.6 is 0 Å². The zero-order valence-corrected chi connectivity index (χ0v) is 9.23. The van der Waals surface area contributed by atoms with Crippen molar-refractivity contribution in [3.05, 3.63) is 29.6 Å². The second-order valence-corrected chi connectivity index (χ2v) is 3.45. The minimum Gasteiger partial charge on any atom is -0.387 e. The van der Waals surface area contributed by atoms with Gasteiger partial charge in [0.2, 0.25) is 0 Å². The van der Waals surface area contributed by atoms with Crippen LogP contribution in [0.2, 0.25) is 0 Å². The van der Waals surface area contributed by atoms with E-state index < -0.39 is 6.10 Å². The Balaban J connectivity index is 2.33. The summed E-state index contributed by atoms with van der Waals surface area (Å²) < 4.78 is 4.89. The molecule has 4 nitrogen and oxygen atoms in total. The fourth-order valence-corrected chi connectivity index (χ4v) is 1.21. The Morgan fingerprint density at radius 1 is 1.53 bits per heavy atom. The Kier molecular flexibility index (Phi) is 5.25. The van der Waals surface area contributed by atoms with Gasteiger partial charge in [0.05, 0.1) is 12.7 Å². The van der Waals surface area contributed by atoms with Gasteiger partial charge in [-0.2, -0.15) is 0 Å². The van der Waals surface area contributed by atoms with E-state index in [0.717, 1.165) is 17.8 Å². The Morgan fingerprint density at radius 2 is 2.33 bits per heavy atom. The average molecular weight is 210 g/mol. The van der Waals surface area contributed by atoms with Crippen LogP contribution in [0, 0.1) is 6.92 Å². The van der Waals surface area contributed by atoms with E-state index in [4.69, 9.17) is 4.74 Å². The number of methoxy groups -OCH3 is 1. The van der Waals surface area contributed by atoms with Gasteiger partial charge in [0.25, 0.3) is 0 Å². The van der Waals surface area contributed by atoms with Crippen LogP contribution in [-0.4, -0.2) is 36.9 Å². The molecule has 0 amide bonds. The lowest BCUT2D eigenvalue weighted by Gasteiger charge is -2.11. The second-order valence-electron chi connectivity index (χ2n) is 3.45. The molecule has 4 heteroatoms. The summed E-state index contributed by atoms with van der Waals surface area (Å²) in [6, 6.07) is 3.79. The SMILES string of the molecule is COCCNCC(O)c1ccc(C)nc1. The molecule has 0 radical (unpaired) electrons. The van der Waals surface area contributed by atoms with Crippen LogP contribution in [0.3, 0.4) is 0 Å². The van der Waals surface area contributed by atoms with Crippen molar-refractivity contribution in [2.45, 2.75) is 13.0 Å². The quantitative estimate of drug-likeness (QED) is 0.677. The first-order valence-electron chi connectivity index (χ1n) is 5.04. The molecule has 0 aliphatic heterocycles. The number of aliphatic hydroxyl groups excluding tert-OH is 1. The van der Waals surface area contributed by atoms with Crippen LogP contribution in [0.15, 0.2) is 18.3 Å². The molecule has 1 atom stereocenters. The van der Waals surface area contributed by atoms with E-state index in [-0.39, 0.29) is 0 Å². The number of hydrogen-bond acceptors (Lipinski definition) is 4. The van der Waals surface area contributed by atoms with Gasteiger partial charge >= 0.3 is 0 Å². The highest BCUT2D eigenvalue weighted by atomic mass is 16.5. The number of nitrogens with zero attached hydrogens (tertiary/aromatic N) is 1. The smallest absolute Gasteiger partial charge is 0.0929 e. The molecular weight excluding hydrogens is 192 g/mol. The molecule has 2 N–H and O–H groups in total. The Bertz CT molecular complexity index is 274. The van der Waals surface area contributed by atoms with Gasteiger partial charge in [0, 0.05) is 37.7 Å². The van der Waals surface area contributed by atoms with E-state index in [1.54, 1.807) is 13.3 Å². The Labute approximate surface area is 90.3 Å². The predicted octanol–water partition coefficient (Wildman–Crippen LogP) is 0.659. The van der Waals surface area contributed by atoms with Gasteiger partial charge in [-0.25, -0.2) is 0 Å². The number of hydrogen-bond donors (Lipinski definition) is 2. The van der Waals surface area contributed by atoms with Crippen molar-refractivity contribution < 1.29 is 9.84 Å². The molecule has 0 bridgehead atoms. The molecule has 1 aromatic heterocycles. The first kappa shape index (κ1) is 12.1. The molecule has 0 saturated carbocycles. The second kappa shape index (κ2) is 6.50. The van der Waals surface area contributed by atoms with Crippen LogP contribution in [0.25, 0.3) is 0 Å². The molecule has 1 rings (SSSR count). The molecule has 1 aromatic rings. The maximum absolute atomic E-state index is 9.77. The van der Waals surface area contributed by atoms with Gasteiger partial charge in [-0.3, -0.25) is 4.98 Å². The summed E-state index contributed by atoms with van der Waals surface area (Å²) in [4.78, 5) is 4.13. The number of ether oxygens (including phenoxy) is 1. The number of pyridine rings is 1. The van der Waals surface area contributed by atoms with Gasteiger partial charge in [0.15, 0.2) is 0 Å². The first-order chi connectivity index (χ1) is 7.24. The van der Waals surface area contributed by atoms with Gasteiger partial charge < -0.3 is 15.2 Å². The fraction of sp³-hybridized carbons (Fsp3) is 0.545.